The third kappa shape index (κ3) is 3.30. The molecular formula is C19H19ClN4O2. The number of rotatable bonds is 4. The number of nitrogens with one attached hydrogen (secondary N) is 1. The predicted molar refractivity (Wildman–Crippen MR) is 100 cm³/mol. The number of ether oxygens (including phenoxy) is 1. The van der Waals surface area contributed by atoms with Gasteiger partial charge in [0.05, 0.1) is 11.6 Å². The maximum Gasteiger partial charge on any atom is 0.274 e. The molecule has 1 fully saturated rings. The van der Waals surface area contributed by atoms with Crippen molar-refractivity contribution < 1.29 is 9.53 Å². The number of aromatic nitrogens is 1. The van der Waals surface area contributed by atoms with Crippen LogP contribution in [0.3, 0.4) is 0 Å². The largest absolute Gasteiger partial charge is 0.386 e. The van der Waals surface area contributed by atoms with Gasteiger partial charge < -0.3 is 15.8 Å². The van der Waals surface area contributed by atoms with Gasteiger partial charge in [-0.2, -0.15) is 0 Å². The molecule has 26 heavy (non-hydrogen) atoms. The van der Waals surface area contributed by atoms with Crippen molar-refractivity contribution in [3.8, 4) is 0 Å². The zero-order valence-corrected chi connectivity index (χ0v) is 14.9. The van der Waals surface area contributed by atoms with E-state index in [1.807, 2.05) is 24.3 Å². The molecule has 7 heteroatoms. The summed E-state index contributed by atoms with van der Waals surface area (Å²) < 4.78 is 5.69. The lowest BCUT2D eigenvalue weighted by Gasteiger charge is -2.34. The molecule has 2 aliphatic rings. The number of amides is 1. The summed E-state index contributed by atoms with van der Waals surface area (Å²) >= 11 is 5.82. The molecule has 0 radical (unpaired) electrons. The number of hydrogen-bond donors (Lipinski definition) is 2. The first-order chi connectivity index (χ1) is 12.6. The molecule has 4 rings (SSSR count). The topological polar surface area (TPSA) is 89.6 Å². The SMILES string of the molecule is NC1=NC(c2cccc(NC(=O)c3ccc(Cl)cn3)c2)(C2CC2)COC1. The Bertz CT molecular complexity index is 864. The maximum absolute atomic E-state index is 12.4. The Kier molecular flexibility index (Phi) is 4.38. The van der Waals surface area contributed by atoms with Crippen LogP contribution < -0.4 is 11.1 Å². The summed E-state index contributed by atoms with van der Waals surface area (Å²) in [5, 5.41) is 3.37. The number of nitrogens with two attached hydrogens (primary N) is 1. The van der Waals surface area contributed by atoms with Crippen LogP contribution in [-0.4, -0.2) is 29.9 Å². The quantitative estimate of drug-likeness (QED) is 0.865. The normalized spacial score (nSPS) is 22.6. The first kappa shape index (κ1) is 17.0. The molecule has 0 spiro atoms. The van der Waals surface area contributed by atoms with Gasteiger partial charge >= 0.3 is 0 Å². The number of pyridine rings is 1. The number of halogens is 1. The minimum atomic E-state index is -0.457. The van der Waals surface area contributed by atoms with Crippen LogP contribution in [0.2, 0.25) is 5.02 Å². The third-order valence-corrected chi connectivity index (χ3v) is 4.97. The highest BCUT2D eigenvalue weighted by atomic mass is 35.5. The molecule has 2 aromatic rings. The van der Waals surface area contributed by atoms with Crippen LogP contribution in [0.25, 0.3) is 0 Å². The van der Waals surface area contributed by atoms with Crippen LogP contribution in [0.1, 0.15) is 28.9 Å². The summed E-state index contributed by atoms with van der Waals surface area (Å²) in [4.78, 5) is 21.2. The second kappa shape index (κ2) is 6.70. The number of amidine groups is 1. The molecule has 1 aromatic heterocycles. The second-order valence-corrected chi connectivity index (χ2v) is 7.13. The Morgan fingerprint density at radius 1 is 1.31 bits per heavy atom. The van der Waals surface area contributed by atoms with E-state index in [4.69, 9.17) is 27.1 Å². The molecular weight excluding hydrogens is 352 g/mol. The van der Waals surface area contributed by atoms with Crippen LogP contribution >= 0.6 is 11.6 Å². The highest BCUT2D eigenvalue weighted by molar-refractivity contribution is 6.30. The van der Waals surface area contributed by atoms with Gasteiger partial charge in [0.15, 0.2) is 0 Å². The summed E-state index contributed by atoms with van der Waals surface area (Å²) in [6, 6.07) is 10.9. The van der Waals surface area contributed by atoms with E-state index in [2.05, 4.69) is 10.3 Å². The monoisotopic (exact) mass is 370 g/mol. The minimum Gasteiger partial charge on any atom is -0.386 e. The van der Waals surface area contributed by atoms with Gasteiger partial charge in [0, 0.05) is 11.9 Å². The van der Waals surface area contributed by atoms with Gasteiger partial charge in [0.2, 0.25) is 0 Å². The van der Waals surface area contributed by atoms with Crippen LogP contribution in [-0.2, 0) is 10.3 Å². The van der Waals surface area contributed by atoms with E-state index in [-0.39, 0.29) is 5.91 Å². The number of nitrogens with zero attached hydrogens (tertiary/aromatic N) is 2. The fraction of sp³-hybridized carbons (Fsp3) is 0.316. The molecule has 1 amide bonds. The second-order valence-electron chi connectivity index (χ2n) is 6.69. The van der Waals surface area contributed by atoms with E-state index >= 15 is 0 Å². The Hall–Kier alpha value is -2.44. The molecule has 0 bridgehead atoms. The standard InChI is InChI=1S/C19H19ClN4O2/c20-14-6-7-16(22-9-14)18(25)23-15-3-1-2-13(8-15)19(12-4-5-12)11-26-10-17(21)24-19/h1-3,6-9,12H,4-5,10-11H2,(H2,21,24)(H,23,25). The average Bonchev–Trinajstić information content (AvgIpc) is 3.48. The van der Waals surface area contributed by atoms with Gasteiger partial charge in [-0.3, -0.25) is 9.79 Å². The van der Waals surface area contributed by atoms with Gasteiger partial charge in [-0.15, -0.1) is 0 Å². The van der Waals surface area contributed by atoms with Gasteiger partial charge in [-0.05, 0) is 48.6 Å². The van der Waals surface area contributed by atoms with Gasteiger partial charge in [0.1, 0.15) is 23.7 Å². The Morgan fingerprint density at radius 2 is 2.15 bits per heavy atom. The van der Waals surface area contributed by atoms with Crippen molar-refractivity contribution >= 4 is 29.0 Å². The average molecular weight is 371 g/mol. The van der Waals surface area contributed by atoms with E-state index in [1.54, 1.807) is 12.1 Å². The van der Waals surface area contributed by atoms with E-state index < -0.39 is 5.54 Å². The van der Waals surface area contributed by atoms with Crippen molar-refractivity contribution in [2.24, 2.45) is 16.6 Å². The molecule has 3 N–H and O–H groups in total. The van der Waals surface area contributed by atoms with E-state index in [9.17, 15) is 4.79 Å². The fourth-order valence-corrected chi connectivity index (χ4v) is 3.47. The van der Waals surface area contributed by atoms with Crippen LogP contribution in [0, 0.1) is 5.92 Å². The lowest BCUT2D eigenvalue weighted by molar-refractivity contribution is 0.0860. The number of aliphatic imine (C=N–C) groups is 1. The molecule has 1 saturated carbocycles. The summed E-state index contributed by atoms with van der Waals surface area (Å²) in [6.45, 7) is 0.877. The van der Waals surface area contributed by atoms with Gasteiger partial charge in [-0.1, -0.05) is 23.7 Å². The van der Waals surface area contributed by atoms with Crippen LogP contribution in [0.4, 0.5) is 5.69 Å². The molecule has 134 valence electrons. The van der Waals surface area contributed by atoms with Crippen LogP contribution in [0.5, 0.6) is 0 Å². The van der Waals surface area contributed by atoms with Crippen molar-refractivity contribution in [2.45, 2.75) is 18.4 Å². The lowest BCUT2D eigenvalue weighted by Crippen LogP contribution is -2.41. The first-order valence-corrected chi connectivity index (χ1v) is 8.90. The Balaban J connectivity index is 1.61. The number of anilines is 1. The molecule has 6 nitrogen and oxygen atoms in total. The summed E-state index contributed by atoms with van der Waals surface area (Å²) in [7, 11) is 0. The van der Waals surface area contributed by atoms with E-state index in [0.29, 0.717) is 41.4 Å². The highest BCUT2D eigenvalue weighted by Crippen LogP contribution is 2.49. The summed E-state index contributed by atoms with van der Waals surface area (Å²) in [5.41, 5.74) is 7.49. The van der Waals surface area contributed by atoms with Crippen molar-refractivity contribution in [2.75, 3.05) is 18.5 Å². The highest BCUT2D eigenvalue weighted by Gasteiger charge is 2.48. The smallest absolute Gasteiger partial charge is 0.274 e. The molecule has 1 aliphatic heterocycles. The minimum absolute atomic E-state index is 0.290. The first-order valence-electron chi connectivity index (χ1n) is 8.52. The van der Waals surface area contributed by atoms with Crippen molar-refractivity contribution in [1.82, 2.24) is 4.98 Å². The molecule has 1 aliphatic carbocycles. The lowest BCUT2D eigenvalue weighted by atomic mass is 9.85. The summed E-state index contributed by atoms with van der Waals surface area (Å²) in [5.74, 6) is 0.649. The van der Waals surface area contributed by atoms with E-state index in [0.717, 1.165) is 18.4 Å². The number of carbonyl (C=O) groups is 1. The predicted octanol–water partition coefficient (Wildman–Crippen LogP) is 2.98. The van der Waals surface area contributed by atoms with E-state index in [1.165, 1.54) is 6.20 Å². The van der Waals surface area contributed by atoms with Crippen molar-refractivity contribution in [3.63, 3.8) is 0 Å². The molecule has 0 saturated heterocycles. The Morgan fingerprint density at radius 3 is 2.85 bits per heavy atom. The number of hydrogen-bond acceptors (Lipinski definition) is 5. The van der Waals surface area contributed by atoms with Crippen LogP contribution in [0.15, 0.2) is 47.6 Å². The Labute approximate surface area is 156 Å². The van der Waals surface area contributed by atoms with Crippen molar-refractivity contribution in [1.29, 1.82) is 0 Å². The number of carbonyl (C=O) groups excluding carboxylic acids is 1. The van der Waals surface area contributed by atoms with Gasteiger partial charge in [0.25, 0.3) is 5.91 Å². The fourth-order valence-electron chi connectivity index (χ4n) is 3.36. The zero-order chi connectivity index (χ0) is 18.1. The molecule has 1 aromatic carbocycles. The molecule has 2 heterocycles. The van der Waals surface area contributed by atoms with Gasteiger partial charge in [-0.25, -0.2) is 4.98 Å². The number of benzene rings is 1. The molecule has 1 atom stereocenters. The zero-order valence-electron chi connectivity index (χ0n) is 14.1. The molecule has 1 unspecified atom stereocenters. The summed E-state index contributed by atoms with van der Waals surface area (Å²) in [6.07, 6.45) is 3.66. The third-order valence-electron chi connectivity index (χ3n) is 4.75. The maximum atomic E-state index is 12.4. The van der Waals surface area contributed by atoms with Crippen molar-refractivity contribution in [3.05, 3.63) is 58.9 Å².